The van der Waals surface area contributed by atoms with Crippen molar-refractivity contribution in [3.8, 4) is 11.5 Å². The minimum Gasteiger partial charge on any atom is -0.457 e. The first-order chi connectivity index (χ1) is 11.5. The fraction of sp³-hybridized carbons (Fsp3) is 0.429. The van der Waals surface area contributed by atoms with Crippen LogP contribution in [0.25, 0.3) is 0 Å². The first-order valence-corrected chi connectivity index (χ1v) is 8.82. The van der Waals surface area contributed by atoms with Crippen molar-refractivity contribution in [1.29, 1.82) is 0 Å². The van der Waals surface area contributed by atoms with Crippen molar-refractivity contribution in [3.05, 3.63) is 60.2 Å². The van der Waals surface area contributed by atoms with Crippen LogP contribution < -0.4 is 10.1 Å². The second-order valence-electron chi connectivity index (χ2n) is 7.54. The van der Waals surface area contributed by atoms with E-state index in [1.807, 2.05) is 36.4 Å². The van der Waals surface area contributed by atoms with E-state index in [2.05, 4.69) is 49.2 Å². The Bertz CT molecular complexity index is 642. The Morgan fingerprint density at radius 1 is 0.917 bits per heavy atom. The zero-order valence-corrected chi connectivity index (χ0v) is 15.0. The van der Waals surface area contributed by atoms with Crippen molar-refractivity contribution < 1.29 is 4.74 Å². The molecule has 2 aromatic carbocycles. The van der Waals surface area contributed by atoms with Gasteiger partial charge in [0.15, 0.2) is 0 Å². The van der Waals surface area contributed by atoms with Gasteiger partial charge in [0.1, 0.15) is 11.5 Å². The topological polar surface area (TPSA) is 24.5 Å². The monoisotopic (exact) mass is 324 g/mol. The highest BCUT2D eigenvalue weighted by molar-refractivity contribution is 5.35. The molecule has 0 aromatic heterocycles. The molecule has 1 N–H and O–H groups in total. The Balaban J connectivity index is 1.86. The largest absolute Gasteiger partial charge is 0.457 e. The fourth-order valence-electron chi connectivity index (χ4n) is 3.57. The summed E-state index contributed by atoms with van der Waals surface area (Å²) < 4.78 is 6.04. The van der Waals surface area contributed by atoms with E-state index < -0.39 is 0 Å². The lowest BCUT2D eigenvalue weighted by Gasteiger charge is -2.42. The average molecular weight is 324 g/mol. The molecule has 0 aliphatic carbocycles. The number of para-hydroxylation sites is 1. The Morgan fingerprint density at radius 3 is 2.25 bits per heavy atom. The maximum Gasteiger partial charge on any atom is 0.127 e. The van der Waals surface area contributed by atoms with E-state index in [4.69, 9.17) is 4.74 Å². The summed E-state index contributed by atoms with van der Waals surface area (Å²) in [5.74, 6) is 1.78. The number of rotatable bonds is 4. The molecule has 24 heavy (non-hydrogen) atoms. The second kappa shape index (κ2) is 7.37. The molecule has 0 bridgehead atoms. The van der Waals surface area contributed by atoms with E-state index in [0.717, 1.165) is 37.7 Å². The molecule has 0 spiro atoms. The Morgan fingerprint density at radius 2 is 1.58 bits per heavy atom. The molecule has 1 fully saturated rings. The van der Waals surface area contributed by atoms with Crippen LogP contribution in [0.2, 0.25) is 0 Å². The fourth-order valence-corrected chi connectivity index (χ4v) is 3.57. The standard InChI is InChI=1S/C21H28N2O/c1-21(2,3)20(23-14-12-22-13-15-23)17-8-7-11-19(16-17)24-18-9-5-4-6-10-18/h4-11,16,20,22H,12-15H2,1-3H3/t20-/m1/s1. The Hall–Kier alpha value is -1.84. The zero-order valence-electron chi connectivity index (χ0n) is 15.0. The molecule has 128 valence electrons. The molecule has 0 amide bonds. The SMILES string of the molecule is CC(C)(C)[C@@H](c1cccc(Oc2ccccc2)c1)N1CCNCC1. The quantitative estimate of drug-likeness (QED) is 0.898. The van der Waals surface area contributed by atoms with E-state index in [1.54, 1.807) is 0 Å². The minimum atomic E-state index is 0.169. The van der Waals surface area contributed by atoms with E-state index >= 15 is 0 Å². The van der Waals surface area contributed by atoms with Crippen LogP contribution >= 0.6 is 0 Å². The van der Waals surface area contributed by atoms with Gasteiger partial charge in [0, 0.05) is 32.2 Å². The van der Waals surface area contributed by atoms with Gasteiger partial charge in [-0.1, -0.05) is 51.1 Å². The van der Waals surface area contributed by atoms with Crippen LogP contribution in [0, 0.1) is 5.41 Å². The first-order valence-electron chi connectivity index (χ1n) is 8.82. The second-order valence-corrected chi connectivity index (χ2v) is 7.54. The normalized spacial score (nSPS) is 17.5. The molecule has 1 aliphatic rings. The molecule has 3 heteroatoms. The zero-order chi connectivity index (χ0) is 17.0. The summed E-state index contributed by atoms with van der Waals surface area (Å²) in [6.07, 6.45) is 0. The van der Waals surface area contributed by atoms with Crippen molar-refractivity contribution >= 4 is 0 Å². The van der Waals surface area contributed by atoms with E-state index in [9.17, 15) is 0 Å². The summed E-state index contributed by atoms with van der Waals surface area (Å²) in [6.45, 7) is 11.3. The van der Waals surface area contributed by atoms with Crippen molar-refractivity contribution in [2.45, 2.75) is 26.8 Å². The number of ether oxygens (including phenoxy) is 1. The molecule has 1 aliphatic heterocycles. The summed E-state index contributed by atoms with van der Waals surface area (Å²) in [6, 6.07) is 18.9. The van der Waals surface area contributed by atoms with Crippen LogP contribution in [0.5, 0.6) is 11.5 Å². The van der Waals surface area contributed by atoms with Gasteiger partial charge >= 0.3 is 0 Å². The Labute approximate surface area is 145 Å². The maximum absolute atomic E-state index is 6.04. The van der Waals surface area contributed by atoms with Gasteiger partial charge in [-0.15, -0.1) is 0 Å². The summed E-state index contributed by atoms with van der Waals surface area (Å²) in [4.78, 5) is 2.60. The average Bonchev–Trinajstić information content (AvgIpc) is 2.56. The van der Waals surface area contributed by atoms with Crippen molar-refractivity contribution in [1.82, 2.24) is 10.2 Å². The molecule has 3 nitrogen and oxygen atoms in total. The highest BCUT2D eigenvalue weighted by atomic mass is 16.5. The predicted octanol–water partition coefficient (Wildman–Crippen LogP) is 4.47. The van der Waals surface area contributed by atoms with E-state index in [1.165, 1.54) is 5.56 Å². The van der Waals surface area contributed by atoms with Gasteiger partial charge in [-0.05, 0) is 35.2 Å². The summed E-state index contributed by atoms with van der Waals surface area (Å²) in [5.41, 5.74) is 1.50. The van der Waals surface area contributed by atoms with Crippen LogP contribution in [0.15, 0.2) is 54.6 Å². The van der Waals surface area contributed by atoms with Crippen molar-refractivity contribution in [2.24, 2.45) is 5.41 Å². The summed E-state index contributed by atoms with van der Waals surface area (Å²) in [5, 5.41) is 3.45. The van der Waals surface area contributed by atoms with Gasteiger partial charge in [0.25, 0.3) is 0 Å². The van der Waals surface area contributed by atoms with E-state index in [-0.39, 0.29) is 5.41 Å². The molecular weight excluding hydrogens is 296 g/mol. The molecule has 0 unspecified atom stereocenters. The molecule has 3 rings (SSSR count). The van der Waals surface area contributed by atoms with Gasteiger partial charge in [-0.2, -0.15) is 0 Å². The number of hydrogen-bond acceptors (Lipinski definition) is 3. The smallest absolute Gasteiger partial charge is 0.127 e. The lowest BCUT2D eigenvalue weighted by molar-refractivity contribution is 0.0861. The molecule has 0 radical (unpaired) electrons. The van der Waals surface area contributed by atoms with Gasteiger partial charge in [-0.25, -0.2) is 0 Å². The minimum absolute atomic E-state index is 0.169. The lowest BCUT2D eigenvalue weighted by atomic mass is 9.81. The highest BCUT2D eigenvalue weighted by Crippen LogP contribution is 2.39. The van der Waals surface area contributed by atoms with Gasteiger partial charge in [0.05, 0.1) is 0 Å². The van der Waals surface area contributed by atoms with Crippen molar-refractivity contribution in [3.63, 3.8) is 0 Å². The lowest BCUT2D eigenvalue weighted by Crippen LogP contribution is -2.48. The number of nitrogens with zero attached hydrogens (tertiary/aromatic N) is 1. The number of piperazine rings is 1. The highest BCUT2D eigenvalue weighted by Gasteiger charge is 2.32. The van der Waals surface area contributed by atoms with E-state index in [0.29, 0.717) is 6.04 Å². The summed E-state index contributed by atoms with van der Waals surface area (Å²) in [7, 11) is 0. The third-order valence-corrected chi connectivity index (χ3v) is 4.49. The number of hydrogen-bond donors (Lipinski definition) is 1. The van der Waals surface area contributed by atoms with Crippen LogP contribution in [-0.2, 0) is 0 Å². The third-order valence-electron chi connectivity index (χ3n) is 4.49. The first kappa shape index (κ1) is 17.0. The molecule has 1 heterocycles. The van der Waals surface area contributed by atoms with Gasteiger partial charge in [0.2, 0.25) is 0 Å². The molecule has 0 saturated carbocycles. The molecule has 1 saturated heterocycles. The van der Waals surface area contributed by atoms with Crippen molar-refractivity contribution in [2.75, 3.05) is 26.2 Å². The van der Waals surface area contributed by atoms with Crippen LogP contribution in [0.3, 0.4) is 0 Å². The predicted molar refractivity (Wildman–Crippen MR) is 99.6 cm³/mol. The van der Waals surface area contributed by atoms with Gasteiger partial charge in [-0.3, -0.25) is 4.90 Å². The molecule has 2 aromatic rings. The van der Waals surface area contributed by atoms with Crippen LogP contribution in [0.1, 0.15) is 32.4 Å². The number of nitrogens with one attached hydrogen (secondary N) is 1. The van der Waals surface area contributed by atoms with Crippen LogP contribution in [-0.4, -0.2) is 31.1 Å². The Kier molecular flexibility index (Phi) is 5.22. The van der Waals surface area contributed by atoms with Gasteiger partial charge < -0.3 is 10.1 Å². The number of benzene rings is 2. The maximum atomic E-state index is 6.04. The third kappa shape index (κ3) is 4.16. The molecule has 1 atom stereocenters. The van der Waals surface area contributed by atoms with Crippen LogP contribution in [0.4, 0.5) is 0 Å². The molecular formula is C21H28N2O. The summed E-state index contributed by atoms with van der Waals surface area (Å²) >= 11 is 0.